The number of para-hydroxylation sites is 1. The molecular weight excluding hydrogens is 275 g/mol. The number of anilines is 1. The van der Waals surface area contributed by atoms with E-state index in [0.717, 1.165) is 5.56 Å². The minimum atomic E-state index is -0.380. The zero-order chi connectivity index (χ0) is 14.1. The number of halogens is 1. The Hall–Kier alpha value is -2.27. The van der Waals surface area contributed by atoms with Gasteiger partial charge in [0.25, 0.3) is 5.91 Å². The van der Waals surface area contributed by atoms with Crippen LogP contribution in [0.2, 0.25) is 0 Å². The van der Waals surface area contributed by atoms with Crippen LogP contribution in [0.3, 0.4) is 0 Å². The molecular formula is C15H11FN2OS. The van der Waals surface area contributed by atoms with Gasteiger partial charge in [0.2, 0.25) is 0 Å². The second-order valence-electron chi connectivity index (χ2n) is 4.43. The van der Waals surface area contributed by atoms with E-state index in [2.05, 4.69) is 10.3 Å². The smallest absolute Gasteiger partial charge is 0.257 e. The predicted molar refractivity (Wildman–Crippen MR) is 78.7 cm³/mol. The Morgan fingerprint density at radius 2 is 2.05 bits per heavy atom. The Balaban J connectivity index is 1.89. The maximum absolute atomic E-state index is 13.5. The summed E-state index contributed by atoms with van der Waals surface area (Å²) >= 11 is 1.26. The first-order valence-corrected chi connectivity index (χ1v) is 6.88. The van der Waals surface area contributed by atoms with E-state index in [1.54, 1.807) is 24.3 Å². The van der Waals surface area contributed by atoms with E-state index in [1.807, 2.05) is 19.1 Å². The molecule has 0 aliphatic heterocycles. The molecule has 100 valence electrons. The van der Waals surface area contributed by atoms with E-state index >= 15 is 0 Å². The van der Waals surface area contributed by atoms with E-state index < -0.39 is 0 Å². The minimum Gasteiger partial charge on any atom is -0.298 e. The van der Waals surface area contributed by atoms with E-state index in [1.165, 1.54) is 17.4 Å². The molecule has 5 heteroatoms. The van der Waals surface area contributed by atoms with Crippen molar-refractivity contribution in [3.63, 3.8) is 0 Å². The van der Waals surface area contributed by atoms with Gasteiger partial charge in [-0.25, -0.2) is 9.37 Å². The molecule has 0 saturated carbocycles. The van der Waals surface area contributed by atoms with Crippen molar-refractivity contribution in [2.45, 2.75) is 6.92 Å². The molecule has 0 radical (unpaired) electrons. The average Bonchev–Trinajstić information content (AvgIpc) is 2.83. The largest absolute Gasteiger partial charge is 0.298 e. The molecule has 1 N–H and O–H groups in total. The number of amides is 1. The van der Waals surface area contributed by atoms with Crippen LogP contribution in [0, 0.1) is 12.7 Å². The highest BCUT2D eigenvalue weighted by Gasteiger charge is 2.11. The summed E-state index contributed by atoms with van der Waals surface area (Å²) < 4.78 is 14.3. The Morgan fingerprint density at radius 1 is 1.25 bits per heavy atom. The predicted octanol–water partition coefficient (Wildman–Crippen LogP) is 4.00. The number of aryl methyl sites for hydroxylation is 1. The maximum atomic E-state index is 13.5. The number of hydrogen-bond acceptors (Lipinski definition) is 3. The van der Waals surface area contributed by atoms with Crippen LogP contribution in [0.5, 0.6) is 0 Å². The lowest BCUT2D eigenvalue weighted by molar-refractivity contribution is 0.102. The molecule has 0 bridgehead atoms. The van der Waals surface area contributed by atoms with Crippen LogP contribution in [0.4, 0.5) is 9.52 Å². The van der Waals surface area contributed by atoms with Gasteiger partial charge in [-0.05, 0) is 31.2 Å². The van der Waals surface area contributed by atoms with Crippen molar-refractivity contribution in [1.82, 2.24) is 4.98 Å². The van der Waals surface area contributed by atoms with E-state index in [-0.39, 0.29) is 17.2 Å². The molecule has 1 amide bonds. The highest BCUT2D eigenvalue weighted by atomic mass is 32.1. The third kappa shape index (κ3) is 2.40. The Labute approximate surface area is 119 Å². The quantitative estimate of drug-likeness (QED) is 0.773. The first-order chi connectivity index (χ1) is 9.63. The summed E-state index contributed by atoms with van der Waals surface area (Å²) in [4.78, 5) is 16.2. The SMILES string of the molecule is Cc1cccc(C(=O)Nc2nc3c(F)cccc3s2)c1. The number of fused-ring (bicyclic) bond motifs is 1. The van der Waals surface area contributed by atoms with Crippen molar-refractivity contribution < 1.29 is 9.18 Å². The third-order valence-electron chi connectivity index (χ3n) is 2.87. The summed E-state index contributed by atoms with van der Waals surface area (Å²) in [6.07, 6.45) is 0. The molecule has 2 aromatic carbocycles. The summed E-state index contributed by atoms with van der Waals surface area (Å²) in [7, 11) is 0. The molecule has 1 heterocycles. The molecule has 3 aromatic rings. The van der Waals surface area contributed by atoms with Crippen LogP contribution >= 0.6 is 11.3 Å². The van der Waals surface area contributed by atoms with Crippen LogP contribution in [0.15, 0.2) is 42.5 Å². The van der Waals surface area contributed by atoms with Gasteiger partial charge in [-0.2, -0.15) is 0 Å². The number of benzene rings is 2. The van der Waals surface area contributed by atoms with Gasteiger partial charge in [-0.1, -0.05) is 35.1 Å². The van der Waals surface area contributed by atoms with Crippen molar-refractivity contribution in [3.05, 3.63) is 59.4 Å². The van der Waals surface area contributed by atoms with Gasteiger partial charge in [-0.3, -0.25) is 10.1 Å². The standard InChI is InChI=1S/C15H11FN2OS/c1-9-4-2-5-10(8-9)14(19)18-15-17-13-11(16)6-3-7-12(13)20-15/h2-8H,1H3,(H,17,18,19). The molecule has 0 atom stereocenters. The number of thiazole rings is 1. The van der Waals surface area contributed by atoms with Crippen LogP contribution in [0.25, 0.3) is 10.2 Å². The number of nitrogens with one attached hydrogen (secondary N) is 1. The third-order valence-corrected chi connectivity index (χ3v) is 3.81. The van der Waals surface area contributed by atoms with Crippen LogP contribution < -0.4 is 5.32 Å². The summed E-state index contributed by atoms with van der Waals surface area (Å²) in [5.41, 5.74) is 1.86. The summed E-state index contributed by atoms with van der Waals surface area (Å²) in [5.74, 6) is -0.622. The zero-order valence-corrected chi connectivity index (χ0v) is 11.5. The molecule has 0 saturated heterocycles. The highest BCUT2D eigenvalue weighted by Crippen LogP contribution is 2.27. The first kappa shape index (κ1) is 12.7. The maximum Gasteiger partial charge on any atom is 0.257 e. The monoisotopic (exact) mass is 286 g/mol. The van der Waals surface area contributed by atoms with Gasteiger partial charge in [0, 0.05) is 5.56 Å². The fraction of sp³-hybridized carbons (Fsp3) is 0.0667. The summed E-state index contributed by atoms with van der Waals surface area (Å²) in [5, 5.41) is 3.10. The van der Waals surface area contributed by atoms with Crippen LogP contribution in [-0.2, 0) is 0 Å². The first-order valence-electron chi connectivity index (χ1n) is 6.06. The fourth-order valence-electron chi connectivity index (χ4n) is 1.92. The molecule has 3 nitrogen and oxygen atoms in total. The van der Waals surface area contributed by atoms with Crippen molar-refractivity contribution >= 4 is 32.6 Å². The number of hydrogen-bond donors (Lipinski definition) is 1. The number of nitrogens with zero attached hydrogens (tertiary/aromatic N) is 1. The topological polar surface area (TPSA) is 42.0 Å². The van der Waals surface area contributed by atoms with Gasteiger partial charge in [0.1, 0.15) is 11.3 Å². The van der Waals surface area contributed by atoms with Gasteiger partial charge >= 0.3 is 0 Å². The highest BCUT2D eigenvalue weighted by molar-refractivity contribution is 7.22. The van der Waals surface area contributed by atoms with Gasteiger partial charge in [0.15, 0.2) is 5.13 Å². The van der Waals surface area contributed by atoms with Gasteiger partial charge in [-0.15, -0.1) is 0 Å². The van der Waals surface area contributed by atoms with Crippen LogP contribution in [0.1, 0.15) is 15.9 Å². The molecule has 0 aliphatic carbocycles. The second kappa shape index (κ2) is 5.02. The number of aromatic nitrogens is 1. The molecule has 0 aliphatic rings. The van der Waals surface area contributed by atoms with Crippen molar-refractivity contribution in [2.75, 3.05) is 5.32 Å². The van der Waals surface area contributed by atoms with Crippen LogP contribution in [-0.4, -0.2) is 10.9 Å². The van der Waals surface area contributed by atoms with E-state index in [0.29, 0.717) is 15.4 Å². The van der Waals surface area contributed by atoms with Crippen molar-refractivity contribution in [2.24, 2.45) is 0 Å². The molecule has 1 aromatic heterocycles. The minimum absolute atomic E-state index is 0.242. The average molecular weight is 286 g/mol. The second-order valence-corrected chi connectivity index (χ2v) is 5.46. The zero-order valence-electron chi connectivity index (χ0n) is 10.7. The lowest BCUT2D eigenvalue weighted by Crippen LogP contribution is -2.11. The van der Waals surface area contributed by atoms with E-state index in [9.17, 15) is 9.18 Å². The number of rotatable bonds is 2. The van der Waals surface area contributed by atoms with Gasteiger partial charge < -0.3 is 0 Å². The molecule has 3 rings (SSSR count). The normalized spacial score (nSPS) is 10.7. The number of carbonyl (C=O) groups excluding carboxylic acids is 1. The molecule has 0 spiro atoms. The Bertz CT molecular complexity index is 797. The summed E-state index contributed by atoms with van der Waals surface area (Å²) in [6.45, 7) is 1.92. The molecule has 0 fully saturated rings. The van der Waals surface area contributed by atoms with Gasteiger partial charge in [0.05, 0.1) is 4.70 Å². The lowest BCUT2D eigenvalue weighted by atomic mass is 10.1. The number of carbonyl (C=O) groups is 1. The van der Waals surface area contributed by atoms with Crippen molar-refractivity contribution in [1.29, 1.82) is 0 Å². The Morgan fingerprint density at radius 3 is 2.80 bits per heavy atom. The fourth-order valence-corrected chi connectivity index (χ4v) is 2.80. The van der Waals surface area contributed by atoms with Crippen molar-refractivity contribution in [3.8, 4) is 0 Å². The van der Waals surface area contributed by atoms with E-state index in [4.69, 9.17) is 0 Å². The Kier molecular flexibility index (Phi) is 3.20. The lowest BCUT2D eigenvalue weighted by Gasteiger charge is -2.02. The molecule has 0 unspecified atom stereocenters. The molecule has 20 heavy (non-hydrogen) atoms. The summed E-state index contributed by atoms with van der Waals surface area (Å²) in [6, 6.07) is 12.0.